The number of nitrogens with zero attached hydrogens (tertiary/aromatic N) is 1. The van der Waals surface area contributed by atoms with E-state index in [0.717, 1.165) is 5.69 Å². The van der Waals surface area contributed by atoms with E-state index < -0.39 is 10.0 Å². The van der Waals surface area contributed by atoms with Crippen molar-refractivity contribution in [1.29, 1.82) is 0 Å². The van der Waals surface area contributed by atoms with Gasteiger partial charge in [0.2, 0.25) is 10.0 Å². The van der Waals surface area contributed by atoms with Crippen LogP contribution in [0.3, 0.4) is 0 Å². The molecule has 0 bridgehead atoms. The first-order valence-corrected chi connectivity index (χ1v) is 8.66. The molecule has 1 heterocycles. The Labute approximate surface area is 139 Å². The van der Waals surface area contributed by atoms with E-state index >= 15 is 0 Å². The van der Waals surface area contributed by atoms with Crippen molar-refractivity contribution in [3.63, 3.8) is 0 Å². The number of hydrogen-bond donors (Lipinski definition) is 2. The van der Waals surface area contributed by atoms with Crippen LogP contribution in [-0.4, -0.2) is 18.9 Å². The second kappa shape index (κ2) is 6.31. The lowest BCUT2D eigenvalue weighted by Gasteiger charge is -2.08. The molecule has 0 fully saturated rings. The molecule has 122 valence electrons. The number of rotatable bonds is 4. The minimum atomic E-state index is -3.81. The van der Waals surface area contributed by atoms with Crippen LogP contribution in [0, 0.1) is 0 Å². The summed E-state index contributed by atoms with van der Waals surface area (Å²) in [5.41, 5.74) is 1.76. The van der Waals surface area contributed by atoms with Crippen LogP contribution in [0.15, 0.2) is 78.0 Å². The minimum absolute atomic E-state index is 0.0525. The van der Waals surface area contributed by atoms with Gasteiger partial charge in [0.05, 0.1) is 4.90 Å². The Morgan fingerprint density at radius 3 is 2.25 bits per heavy atom. The molecular formula is C17H15N3O3S. The number of carbonyl (C=O) groups is 1. The van der Waals surface area contributed by atoms with Gasteiger partial charge in [0.1, 0.15) is 0 Å². The molecule has 2 aromatic carbocycles. The number of benzene rings is 2. The molecule has 0 atom stereocenters. The maximum Gasteiger partial charge on any atom is 0.255 e. The zero-order chi connectivity index (χ0) is 17.2. The molecule has 0 aliphatic rings. The number of aromatic nitrogens is 1. The average Bonchev–Trinajstić information content (AvgIpc) is 3.09. The summed E-state index contributed by atoms with van der Waals surface area (Å²) in [5, 5.41) is 7.75. The van der Waals surface area contributed by atoms with Gasteiger partial charge in [0.25, 0.3) is 5.91 Å². The summed E-state index contributed by atoms with van der Waals surface area (Å²) in [6.45, 7) is 0. The number of anilines is 1. The van der Waals surface area contributed by atoms with E-state index in [2.05, 4.69) is 5.32 Å². The number of carbonyl (C=O) groups excluding carboxylic acids is 1. The van der Waals surface area contributed by atoms with Crippen molar-refractivity contribution in [2.75, 3.05) is 5.32 Å². The molecule has 6 nitrogen and oxygen atoms in total. The Morgan fingerprint density at radius 2 is 1.62 bits per heavy atom. The van der Waals surface area contributed by atoms with Crippen molar-refractivity contribution in [1.82, 2.24) is 4.57 Å². The monoisotopic (exact) mass is 341 g/mol. The molecule has 0 saturated carbocycles. The zero-order valence-corrected chi connectivity index (χ0v) is 13.4. The van der Waals surface area contributed by atoms with Crippen molar-refractivity contribution >= 4 is 21.6 Å². The van der Waals surface area contributed by atoms with Crippen LogP contribution in [0.4, 0.5) is 5.69 Å². The zero-order valence-electron chi connectivity index (χ0n) is 12.6. The van der Waals surface area contributed by atoms with Crippen LogP contribution >= 0.6 is 0 Å². The van der Waals surface area contributed by atoms with Gasteiger partial charge in [-0.3, -0.25) is 4.79 Å². The smallest absolute Gasteiger partial charge is 0.255 e. The van der Waals surface area contributed by atoms with Gasteiger partial charge in [-0.15, -0.1) is 0 Å². The molecule has 3 rings (SSSR count). The summed E-state index contributed by atoms with van der Waals surface area (Å²) in [6.07, 6.45) is 3.82. The van der Waals surface area contributed by atoms with Crippen molar-refractivity contribution in [2.45, 2.75) is 4.90 Å². The highest BCUT2D eigenvalue weighted by molar-refractivity contribution is 7.89. The van der Waals surface area contributed by atoms with Crippen molar-refractivity contribution < 1.29 is 13.2 Å². The third kappa shape index (κ3) is 3.53. The Morgan fingerprint density at radius 1 is 0.958 bits per heavy atom. The fourth-order valence-electron chi connectivity index (χ4n) is 2.25. The molecule has 7 heteroatoms. The van der Waals surface area contributed by atoms with Crippen molar-refractivity contribution in [3.05, 3.63) is 78.6 Å². The van der Waals surface area contributed by atoms with E-state index in [-0.39, 0.29) is 10.8 Å². The summed E-state index contributed by atoms with van der Waals surface area (Å²) in [7, 11) is -3.81. The molecule has 0 unspecified atom stereocenters. The number of amides is 1. The predicted molar refractivity (Wildman–Crippen MR) is 91.5 cm³/mol. The van der Waals surface area contributed by atoms with E-state index in [1.54, 1.807) is 18.2 Å². The highest BCUT2D eigenvalue weighted by Crippen LogP contribution is 2.16. The van der Waals surface area contributed by atoms with Crippen molar-refractivity contribution in [2.24, 2.45) is 5.14 Å². The SMILES string of the molecule is NS(=O)(=O)c1cccc(NC(=O)c2ccc(-n3cccc3)cc2)c1. The van der Waals surface area contributed by atoms with E-state index in [9.17, 15) is 13.2 Å². The molecule has 3 N–H and O–H groups in total. The van der Waals surface area contributed by atoms with Gasteiger partial charge in [-0.25, -0.2) is 13.6 Å². The molecule has 0 aliphatic heterocycles. The largest absolute Gasteiger partial charge is 0.324 e. The van der Waals surface area contributed by atoms with Crippen LogP contribution < -0.4 is 10.5 Å². The first kappa shape index (κ1) is 16.0. The van der Waals surface area contributed by atoms with Gasteiger partial charge in [-0.05, 0) is 54.6 Å². The molecule has 1 amide bonds. The van der Waals surface area contributed by atoms with E-state index in [1.807, 2.05) is 41.2 Å². The van der Waals surface area contributed by atoms with Gasteiger partial charge in [-0.1, -0.05) is 6.07 Å². The minimum Gasteiger partial charge on any atom is -0.324 e. The van der Waals surface area contributed by atoms with Crippen LogP contribution in [-0.2, 0) is 10.0 Å². The topological polar surface area (TPSA) is 94.2 Å². The Bertz CT molecular complexity index is 963. The first-order valence-electron chi connectivity index (χ1n) is 7.11. The van der Waals surface area contributed by atoms with Gasteiger partial charge in [0.15, 0.2) is 0 Å². The number of primary sulfonamides is 1. The quantitative estimate of drug-likeness (QED) is 0.763. The summed E-state index contributed by atoms with van der Waals surface area (Å²) in [5.74, 6) is -0.333. The summed E-state index contributed by atoms with van der Waals surface area (Å²) in [6, 6.07) is 16.7. The normalized spacial score (nSPS) is 11.2. The molecule has 0 aliphatic carbocycles. The third-order valence-electron chi connectivity index (χ3n) is 3.45. The molecule has 0 saturated heterocycles. The fourth-order valence-corrected chi connectivity index (χ4v) is 2.81. The Balaban J connectivity index is 1.78. The molecular weight excluding hydrogens is 326 g/mol. The number of sulfonamides is 1. The Hall–Kier alpha value is -2.90. The van der Waals surface area contributed by atoms with Gasteiger partial charge >= 0.3 is 0 Å². The van der Waals surface area contributed by atoms with Gasteiger partial charge < -0.3 is 9.88 Å². The molecule has 24 heavy (non-hydrogen) atoms. The molecule has 3 aromatic rings. The van der Waals surface area contributed by atoms with Crippen LogP contribution in [0.5, 0.6) is 0 Å². The highest BCUT2D eigenvalue weighted by atomic mass is 32.2. The van der Waals surface area contributed by atoms with Crippen molar-refractivity contribution in [3.8, 4) is 5.69 Å². The van der Waals surface area contributed by atoms with Crippen LogP contribution in [0.25, 0.3) is 5.69 Å². The van der Waals surface area contributed by atoms with Gasteiger partial charge in [-0.2, -0.15) is 0 Å². The second-order valence-corrected chi connectivity index (χ2v) is 6.73. The lowest BCUT2D eigenvalue weighted by Crippen LogP contribution is -2.14. The number of nitrogens with one attached hydrogen (secondary N) is 1. The Kier molecular flexibility index (Phi) is 4.20. The van der Waals surface area contributed by atoms with E-state index in [0.29, 0.717) is 11.3 Å². The lowest BCUT2D eigenvalue weighted by molar-refractivity contribution is 0.102. The molecule has 0 radical (unpaired) electrons. The highest BCUT2D eigenvalue weighted by Gasteiger charge is 2.10. The summed E-state index contributed by atoms with van der Waals surface area (Å²) in [4.78, 5) is 12.2. The lowest BCUT2D eigenvalue weighted by atomic mass is 10.2. The summed E-state index contributed by atoms with van der Waals surface area (Å²) >= 11 is 0. The average molecular weight is 341 g/mol. The first-order chi connectivity index (χ1) is 11.4. The predicted octanol–water partition coefficient (Wildman–Crippen LogP) is 2.38. The third-order valence-corrected chi connectivity index (χ3v) is 4.36. The standard InChI is InChI=1S/C17H15N3O3S/c18-24(22,23)16-5-3-4-14(12-16)19-17(21)13-6-8-15(9-7-13)20-10-1-2-11-20/h1-12H,(H,19,21)(H2,18,22,23). The maximum absolute atomic E-state index is 12.3. The fraction of sp³-hybridized carbons (Fsp3) is 0. The van der Waals surface area contributed by atoms with Crippen LogP contribution in [0.1, 0.15) is 10.4 Å². The number of hydrogen-bond acceptors (Lipinski definition) is 3. The summed E-state index contributed by atoms with van der Waals surface area (Å²) < 4.78 is 24.6. The van der Waals surface area contributed by atoms with E-state index in [1.165, 1.54) is 18.2 Å². The molecule has 0 spiro atoms. The molecule has 1 aromatic heterocycles. The van der Waals surface area contributed by atoms with Gasteiger partial charge in [0, 0.05) is 29.3 Å². The second-order valence-electron chi connectivity index (χ2n) is 5.16. The van der Waals surface area contributed by atoms with E-state index in [4.69, 9.17) is 5.14 Å². The maximum atomic E-state index is 12.3. The van der Waals surface area contributed by atoms with Crippen LogP contribution in [0.2, 0.25) is 0 Å². The number of nitrogens with two attached hydrogens (primary N) is 1.